The molecule has 5 nitrogen and oxygen atoms in total. The second-order valence-electron chi connectivity index (χ2n) is 7.35. The average molecular weight is 386 g/mol. The highest BCUT2D eigenvalue weighted by molar-refractivity contribution is 6.03. The smallest absolute Gasteiger partial charge is 0.229 e. The molecule has 1 aliphatic carbocycles. The van der Waals surface area contributed by atoms with Gasteiger partial charge in [0.1, 0.15) is 5.82 Å². The van der Waals surface area contributed by atoms with Crippen molar-refractivity contribution in [1.82, 2.24) is 9.97 Å². The van der Waals surface area contributed by atoms with Gasteiger partial charge in [-0.05, 0) is 61.1 Å². The molecule has 0 saturated carbocycles. The van der Waals surface area contributed by atoms with E-state index in [4.69, 9.17) is 0 Å². The first-order valence-corrected chi connectivity index (χ1v) is 10.3. The average Bonchev–Trinajstić information content (AvgIpc) is 2.75. The van der Waals surface area contributed by atoms with Crippen molar-refractivity contribution in [3.63, 3.8) is 0 Å². The van der Waals surface area contributed by atoms with Crippen molar-refractivity contribution in [3.05, 3.63) is 70.9 Å². The van der Waals surface area contributed by atoms with Gasteiger partial charge in [-0.2, -0.15) is 4.98 Å². The number of hydrogen-bond donors (Lipinski definition) is 2. The maximum absolute atomic E-state index is 12.6. The van der Waals surface area contributed by atoms with E-state index in [9.17, 15) is 4.79 Å². The van der Waals surface area contributed by atoms with Gasteiger partial charge in [-0.15, -0.1) is 0 Å². The Bertz CT molecular complexity index is 1010. The van der Waals surface area contributed by atoms with Crippen LogP contribution in [0.15, 0.2) is 48.5 Å². The number of anilines is 4. The van der Waals surface area contributed by atoms with Crippen LogP contribution in [0.5, 0.6) is 0 Å². The molecule has 148 valence electrons. The van der Waals surface area contributed by atoms with Gasteiger partial charge in [0.15, 0.2) is 5.78 Å². The molecule has 0 radical (unpaired) electrons. The van der Waals surface area contributed by atoms with E-state index in [-0.39, 0.29) is 5.78 Å². The summed E-state index contributed by atoms with van der Waals surface area (Å²) < 4.78 is 0. The van der Waals surface area contributed by atoms with Gasteiger partial charge in [-0.25, -0.2) is 4.98 Å². The van der Waals surface area contributed by atoms with Crippen molar-refractivity contribution in [3.8, 4) is 0 Å². The molecule has 0 atom stereocenters. The first-order chi connectivity index (χ1) is 14.2. The summed E-state index contributed by atoms with van der Waals surface area (Å²) in [5.41, 5.74) is 5.85. The number of carbonyl (C=O) groups excluding carboxylic acids is 1. The Morgan fingerprint density at radius 1 is 0.793 bits per heavy atom. The van der Waals surface area contributed by atoms with Crippen LogP contribution in [-0.4, -0.2) is 15.8 Å². The lowest BCUT2D eigenvalue weighted by molar-refractivity contribution is 0.0972. The minimum Gasteiger partial charge on any atom is -0.339 e. The fourth-order valence-electron chi connectivity index (χ4n) is 3.58. The molecule has 2 N–H and O–H groups in total. The summed E-state index contributed by atoms with van der Waals surface area (Å²) >= 11 is 0. The van der Waals surface area contributed by atoms with Gasteiger partial charge < -0.3 is 10.6 Å². The first kappa shape index (κ1) is 19.1. The van der Waals surface area contributed by atoms with E-state index in [2.05, 4.69) is 58.7 Å². The molecule has 5 heteroatoms. The van der Waals surface area contributed by atoms with E-state index < -0.39 is 0 Å². The van der Waals surface area contributed by atoms with Crippen LogP contribution >= 0.6 is 0 Å². The van der Waals surface area contributed by atoms with Gasteiger partial charge in [0, 0.05) is 17.8 Å². The standard InChI is InChI=1S/C24H26N4O/c1-3-16-8-12-18(13-9-16)25-23-22-20(6-5-7-21(22)29)27-24(28-23)26-19-14-10-17(4-2)11-15-19/h8-15H,3-7H2,1-2H3,(H2,25,26,27,28). The summed E-state index contributed by atoms with van der Waals surface area (Å²) in [5, 5.41) is 6.64. The molecule has 0 fully saturated rings. The third-order valence-corrected chi connectivity index (χ3v) is 5.32. The summed E-state index contributed by atoms with van der Waals surface area (Å²) in [6.45, 7) is 4.27. The topological polar surface area (TPSA) is 66.9 Å². The van der Waals surface area contributed by atoms with E-state index >= 15 is 0 Å². The summed E-state index contributed by atoms with van der Waals surface area (Å²) in [6.07, 6.45) is 4.16. The number of aromatic nitrogens is 2. The fourth-order valence-corrected chi connectivity index (χ4v) is 3.58. The molecule has 4 rings (SSSR count). The second-order valence-corrected chi connectivity index (χ2v) is 7.35. The number of ketones is 1. The molecule has 0 unspecified atom stereocenters. The number of nitrogens with zero attached hydrogens (tertiary/aromatic N) is 2. The summed E-state index contributed by atoms with van der Waals surface area (Å²) in [7, 11) is 0. The number of aryl methyl sites for hydroxylation is 3. The van der Waals surface area contributed by atoms with Crippen LogP contribution in [-0.2, 0) is 19.3 Å². The maximum atomic E-state index is 12.6. The van der Waals surface area contributed by atoms with E-state index in [1.165, 1.54) is 11.1 Å². The lowest BCUT2D eigenvalue weighted by Crippen LogP contribution is -2.17. The third kappa shape index (κ3) is 4.29. The molecule has 0 bridgehead atoms. The molecular formula is C24H26N4O. The van der Waals surface area contributed by atoms with Crippen LogP contribution < -0.4 is 10.6 Å². The van der Waals surface area contributed by atoms with Crippen LogP contribution in [0.4, 0.5) is 23.1 Å². The van der Waals surface area contributed by atoms with Gasteiger partial charge in [0.25, 0.3) is 0 Å². The largest absolute Gasteiger partial charge is 0.339 e. The SMILES string of the molecule is CCc1ccc(Nc2nc3c(c(Nc4ccc(CC)cc4)n2)C(=O)CCC3)cc1. The minimum absolute atomic E-state index is 0.109. The Labute approximate surface area is 171 Å². The molecule has 0 aliphatic heterocycles. The van der Waals surface area contributed by atoms with Crippen molar-refractivity contribution in [2.24, 2.45) is 0 Å². The first-order valence-electron chi connectivity index (χ1n) is 10.3. The van der Waals surface area contributed by atoms with Crippen molar-refractivity contribution < 1.29 is 4.79 Å². The lowest BCUT2D eigenvalue weighted by atomic mass is 9.95. The highest BCUT2D eigenvalue weighted by Gasteiger charge is 2.24. The van der Waals surface area contributed by atoms with Crippen molar-refractivity contribution >= 4 is 28.9 Å². The van der Waals surface area contributed by atoms with Gasteiger partial charge >= 0.3 is 0 Å². The van der Waals surface area contributed by atoms with Gasteiger partial charge in [0.05, 0.1) is 11.3 Å². The number of carbonyl (C=O) groups is 1. The zero-order valence-corrected chi connectivity index (χ0v) is 17.0. The minimum atomic E-state index is 0.109. The Hall–Kier alpha value is -3.21. The Balaban J connectivity index is 1.67. The number of hydrogen-bond acceptors (Lipinski definition) is 5. The Morgan fingerprint density at radius 3 is 1.97 bits per heavy atom. The third-order valence-electron chi connectivity index (χ3n) is 5.32. The monoisotopic (exact) mass is 386 g/mol. The summed E-state index contributed by atoms with van der Waals surface area (Å²) in [6, 6.07) is 16.5. The number of nitrogens with one attached hydrogen (secondary N) is 2. The number of rotatable bonds is 6. The quantitative estimate of drug-likeness (QED) is 0.576. The van der Waals surface area contributed by atoms with Crippen LogP contribution in [0.2, 0.25) is 0 Å². The molecule has 2 aromatic carbocycles. The van der Waals surface area contributed by atoms with Gasteiger partial charge in [-0.1, -0.05) is 38.1 Å². The van der Waals surface area contributed by atoms with E-state index in [0.29, 0.717) is 23.8 Å². The molecular weight excluding hydrogens is 360 g/mol. The van der Waals surface area contributed by atoms with Crippen LogP contribution in [0, 0.1) is 0 Å². The molecule has 1 aromatic heterocycles. The van der Waals surface area contributed by atoms with Gasteiger partial charge in [0.2, 0.25) is 5.95 Å². The molecule has 3 aromatic rings. The van der Waals surface area contributed by atoms with E-state index in [1.54, 1.807) is 0 Å². The molecule has 29 heavy (non-hydrogen) atoms. The second kappa shape index (κ2) is 8.43. The van der Waals surface area contributed by atoms with Crippen LogP contribution in [0.3, 0.4) is 0 Å². The summed E-state index contributed by atoms with van der Waals surface area (Å²) in [5.74, 6) is 1.20. The number of Topliss-reactive ketones (excluding diaryl/α,β-unsaturated/α-hetero) is 1. The number of fused-ring (bicyclic) bond motifs is 1. The van der Waals surface area contributed by atoms with Crippen molar-refractivity contribution in [1.29, 1.82) is 0 Å². The number of benzene rings is 2. The Morgan fingerprint density at radius 2 is 1.38 bits per heavy atom. The predicted octanol–water partition coefficient (Wildman–Crippen LogP) is 5.61. The lowest BCUT2D eigenvalue weighted by Gasteiger charge is -2.19. The highest BCUT2D eigenvalue weighted by Crippen LogP contribution is 2.30. The van der Waals surface area contributed by atoms with Crippen molar-refractivity contribution in [2.45, 2.75) is 46.0 Å². The molecule has 0 saturated heterocycles. The maximum Gasteiger partial charge on any atom is 0.229 e. The molecule has 1 aliphatic rings. The highest BCUT2D eigenvalue weighted by atomic mass is 16.1. The van der Waals surface area contributed by atoms with Gasteiger partial charge in [-0.3, -0.25) is 4.79 Å². The van der Waals surface area contributed by atoms with Crippen LogP contribution in [0.1, 0.15) is 53.9 Å². The molecule has 0 amide bonds. The normalized spacial score (nSPS) is 13.1. The predicted molar refractivity (Wildman–Crippen MR) is 118 cm³/mol. The zero-order valence-electron chi connectivity index (χ0n) is 17.0. The summed E-state index contributed by atoms with van der Waals surface area (Å²) in [4.78, 5) is 21.9. The van der Waals surface area contributed by atoms with E-state index in [1.807, 2.05) is 24.3 Å². The fraction of sp³-hybridized carbons (Fsp3) is 0.292. The molecule has 1 heterocycles. The molecule has 0 spiro atoms. The van der Waals surface area contributed by atoms with Crippen molar-refractivity contribution in [2.75, 3.05) is 10.6 Å². The van der Waals surface area contributed by atoms with E-state index in [0.717, 1.165) is 42.8 Å². The Kier molecular flexibility index (Phi) is 5.56. The van der Waals surface area contributed by atoms with Crippen LogP contribution in [0.25, 0.3) is 0 Å². The zero-order chi connectivity index (χ0) is 20.2.